The quantitative estimate of drug-likeness (QED) is 0.0442. The molecule has 0 aliphatic carbocycles. The van der Waals surface area contributed by atoms with Gasteiger partial charge < -0.3 is 14.2 Å². The smallest absolute Gasteiger partial charge is 0.406 e. The van der Waals surface area contributed by atoms with Crippen LogP contribution in [0.2, 0.25) is 0 Å². The summed E-state index contributed by atoms with van der Waals surface area (Å²) in [6, 6.07) is 25.5. The first kappa shape index (κ1) is 48.6. The molecule has 0 radical (unpaired) electrons. The van der Waals surface area contributed by atoms with Crippen LogP contribution in [0.1, 0.15) is 136 Å². The highest BCUT2D eigenvalue weighted by Gasteiger charge is 2.32. The molecule has 65 heavy (non-hydrogen) atoms. The summed E-state index contributed by atoms with van der Waals surface area (Å²) in [5.74, 6) is 0.254. The van der Waals surface area contributed by atoms with Crippen molar-refractivity contribution in [2.45, 2.75) is 129 Å². The molecule has 7 nitrogen and oxygen atoms in total. The summed E-state index contributed by atoms with van der Waals surface area (Å²) in [5, 5.41) is 0. The van der Waals surface area contributed by atoms with Crippen LogP contribution in [0.4, 0.5) is 26.3 Å². The Morgan fingerprint density at radius 1 is 0.400 bits per heavy atom. The molecule has 6 aromatic rings. The number of aryl methyl sites for hydroxylation is 2. The van der Waals surface area contributed by atoms with Gasteiger partial charge in [0.15, 0.2) is 11.6 Å². The van der Waals surface area contributed by atoms with E-state index in [0.717, 1.165) is 60.8 Å². The Hall–Kier alpha value is -5.82. The molecule has 0 bridgehead atoms. The van der Waals surface area contributed by atoms with Crippen LogP contribution in [0.25, 0.3) is 22.8 Å². The first-order valence-electron chi connectivity index (χ1n) is 22.6. The highest BCUT2D eigenvalue weighted by molar-refractivity contribution is 5.57. The summed E-state index contributed by atoms with van der Waals surface area (Å²) >= 11 is 0. The second-order valence-corrected chi connectivity index (χ2v) is 16.2. The largest absolute Gasteiger partial charge is 0.573 e. The predicted molar refractivity (Wildman–Crippen MR) is 240 cm³/mol. The second kappa shape index (κ2) is 23.9. The Kier molecular flexibility index (Phi) is 17.9. The maximum atomic E-state index is 13.1. The maximum Gasteiger partial charge on any atom is 0.573 e. The van der Waals surface area contributed by atoms with E-state index in [-0.39, 0.29) is 0 Å². The zero-order valence-corrected chi connectivity index (χ0v) is 36.9. The lowest BCUT2D eigenvalue weighted by Gasteiger charge is -2.27. The molecule has 0 fully saturated rings. The van der Waals surface area contributed by atoms with Gasteiger partial charge in [-0.1, -0.05) is 151 Å². The molecule has 2 unspecified atom stereocenters. The second-order valence-electron chi connectivity index (χ2n) is 16.2. The minimum atomic E-state index is -4.89. The molecular weight excluding hydrogens is 843 g/mol. The van der Waals surface area contributed by atoms with Gasteiger partial charge in [0.05, 0.1) is 0 Å². The van der Waals surface area contributed by atoms with Gasteiger partial charge >= 0.3 is 12.7 Å². The molecule has 0 aliphatic rings. The van der Waals surface area contributed by atoms with Gasteiger partial charge in [-0.05, 0) is 83.3 Å². The number of hydrogen-bond acceptors (Lipinski definition) is 7. The van der Waals surface area contributed by atoms with E-state index in [0.29, 0.717) is 33.9 Å². The zero-order chi connectivity index (χ0) is 46.1. The number of halogens is 6. The van der Waals surface area contributed by atoms with Gasteiger partial charge in [-0.25, -0.2) is 19.9 Å². The van der Waals surface area contributed by atoms with E-state index in [9.17, 15) is 26.3 Å². The van der Waals surface area contributed by atoms with Crippen molar-refractivity contribution in [1.29, 1.82) is 0 Å². The summed E-state index contributed by atoms with van der Waals surface area (Å²) in [5.41, 5.74) is 5.90. The van der Waals surface area contributed by atoms with Crippen LogP contribution in [-0.4, -0.2) is 32.7 Å². The highest BCUT2D eigenvalue weighted by Crippen LogP contribution is 2.39. The van der Waals surface area contributed by atoms with Crippen LogP contribution >= 0.6 is 0 Å². The molecule has 344 valence electrons. The first-order chi connectivity index (χ1) is 31.4. The van der Waals surface area contributed by atoms with E-state index in [1.807, 2.05) is 73.3 Å². The maximum absolute atomic E-state index is 13.1. The third kappa shape index (κ3) is 15.7. The van der Waals surface area contributed by atoms with Gasteiger partial charge in [0, 0.05) is 35.9 Å². The molecule has 0 saturated heterocycles. The van der Waals surface area contributed by atoms with Crippen molar-refractivity contribution in [3.05, 3.63) is 155 Å². The van der Waals surface area contributed by atoms with Crippen molar-refractivity contribution < 1.29 is 40.6 Å². The lowest BCUT2D eigenvalue weighted by molar-refractivity contribution is -0.275. The average molecular weight is 899 g/mol. The highest BCUT2D eigenvalue weighted by atomic mass is 19.4. The fourth-order valence-corrected chi connectivity index (χ4v) is 7.62. The molecule has 0 N–H and O–H groups in total. The van der Waals surface area contributed by atoms with Crippen LogP contribution in [-0.2, 0) is 17.6 Å². The number of rotatable bonds is 24. The standard InChI is InChI=1S/C52H56F6N4O3/c1-3-5-7-9-11-13-15-37-33-59-49(60-34-37)43-21-17-39(18-22-43)47(41-25-29-45(30-26-41)64-51(53,54)55)63-48(42-27-31-46(32-28-42)65-52(56,57)58)40-19-23-44(24-20-40)50-61-35-38(36-62-50)16-14-12-10-8-6-4-2/h17-36,47-48H,3-16H2,1-2H3. The number of benzene rings is 4. The van der Waals surface area contributed by atoms with E-state index >= 15 is 0 Å². The summed E-state index contributed by atoms with van der Waals surface area (Å²) in [6.07, 6.45) is 12.0. The van der Waals surface area contributed by atoms with Crippen molar-refractivity contribution in [3.63, 3.8) is 0 Å². The van der Waals surface area contributed by atoms with Crippen LogP contribution in [0.3, 0.4) is 0 Å². The topological polar surface area (TPSA) is 79.2 Å². The molecule has 4 aromatic carbocycles. The monoisotopic (exact) mass is 898 g/mol. The van der Waals surface area contributed by atoms with Crippen molar-refractivity contribution in [3.8, 4) is 34.3 Å². The first-order valence-corrected chi connectivity index (χ1v) is 22.6. The Bertz CT molecular complexity index is 2120. The molecular formula is C52H56F6N4O3. The van der Waals surface area contributed by atoms with Gasteiger partial charge in [-0.3, -0.25) is 0 Å². The van der Waals surface area contributed by atoms with Crippen LogP contribution in [0.15, 0.2) is 122 Å². The average Bonchev–Trinajstić information content (AvgIpc) is 3.29. The van der Waals surface area contributed by atoms with E-state index in [1.54, 1.807) is 0 Å². The Balaban J connectivity index is 1.27. The summed E-state index contributed by atoms with van der Waals surface area (Å²) in [6.45, 7) is 4.40. The number of aromatic nitrogens is 4. The van der Waals surface area contributed by atoms with Crippen molar-refractivity contribution in [2.75, 3.05) is 0 Å². The molecule has 0 amide bonds. The molecule has 0 spiro atoms. The normalized spacial score (nSPS) is 12.8. The third-order valence-corrected chi connectivity index (χ3v) is 11.1. The Labute approximate surface area is 377 Å². The van der Waals surface area contributed by atoms with Crippen LogP contribution in [0, 0.1) is 0 Å². The molecule has 13 heteroatoms. The van der Waals surface area contributed by atoms with Gasteiger partial charge in [-0.2, -0.15) is 0 Å². The fourth-order valence-electron chi connectivity index (χ4n) is 7.62. The molecule has 6 rings (SSSR count). The number of ether oxygens (including phenoxy) is 3. The van der Waals surface area contributed by atoms with Gasteiger partial charge in [0.2, 0.25) is 0 Å². The Morgan fingerprint density at radius 2 is 0.692 bits per heavy atom. The fraction of sp³-hybridized carbons (Fsp3) is 0.385. The molecule has 2 aromatic heterocycles. The SMILES string of the molecule is CCCCCCCCc1cnc(-c2ccc(C(OC(c3ccc(OC(F)(F)F)cc3)c3ccc(-c4ncc(CCCCCCCC)cn4)cc3)c3ccc(OC(F)(F)F)cc3)cc2)nc1. The number of hydrogen-bond donors (Lipinski definition) is 0. The van der Waals surface area contributed by atoms with Crippen molar-refractivity contribution in [1.82, 2.24) is 19.9 Å². The number of unbranched alkanes of at least 4 members (excludes halogenated alkanes) is 10. The van der Waals surface area contributed by atoms with Gasteiger partial charge in [0.1, 0.15) is 23.7 Å². The van der Waals surface area contributed by atoms with E-state index < -0.39 is 36.4 Å². The van der Waals surface area contributed by atoms with Crippen molar-refractivity contribution in [2.24, 2.45) is 0 Å². The molecule has 2 heterocycles. The molecule has 0 saturated carbocycles. The summed E-state index contributed by atoms with van der Waals surface area (Å²) in [7, 11) is 0. The molecule has 2 atom stereocenters. The number of alkyl halides is 6. The lowest BCUT2D eigenvalue weighted by atomic mass is 9.96. The van der Waals surface area contributed by atoms with E-state index in [1.165, 1.54) is 99.9 Å². The zero-order valence-electron chi connectivity index (χ0n) is 36.9. The lowest BCUT2D eigenvalue weighted by Crippen LogP contribution is -2.17. The summed E-state index contributed by atoms with van der Waals surface area (Å²) < 4.78 is 94.1. The molecule has 0 aliphatic heterocycles. The third-order valence-electron chi connectivity index (χ3n) is 11.1. The minimum Gasteiger partial charge on any atom is -0.406 e. The van der Waals surface area contributed by atoms with E-state index in [4.69, 9.17) is 4.74 Å². The predicted octanol–water partition coefficient (Wildman–Crippen LogP) is 15.1. The number of nitrogens with zero attached hydrogens (tertiary/aromatic N) is 4. The Morgan fingerprint density at radius 3 is 1.00 bits per heavy atom. The van der Waals surface area contributed by atoms with Gasteiger partial charge in [0.25, 0.3) is 0 Å². The minimum absolute atomic E-state index is 0.405. The van der Waals surface area contributed by atoms with E-state index in [2.05, 4.69) is 43.3 Å². The van der Waals surface area contributed by atoms with Gasteiger partial charge in [-0.15, -0.1) is 26.3 Å². The van der Waals surface area contributed by atoms with Crippen LogP contribution < -0.4 is 9.47 Å². The summed E-state index contributed by atoms with van der Waals surface area (Å²) in [4.78, 5) is 18.5. The van der Waals surface area contributed by atoms with Crippen molar-refractivity contribution >= 4 is 0 Å². The van der Waals surface area contributed by atoms with Crippen LogP contribution in [0.5, 0.6) is 11.5 Å².